The first-order chi connectivity index (χ1) is 13.1. The summed E-state index contributed by atoms with van der Waals surface area (Å²) in [4.78, 5) is 26.3. The highest BCUT2D eigenvalue weighted by molar-refractivity contribution is 6.16. The third-order valence-corrected chi connectivity index (χ3v) is 6.81. The van der Waals surface area contributed by atoms with E-state index in [9.17, 15) is 9.59 Å². The second kappa shape index (κ2) is 5.81. The third-order valence-electron chi connectivity index (χ3n) is 6.81. The predicted molar refractivity (Wildman–Crippen MR) is 114 cm³/mol. The lowest BCUT2D eigenvalue weighted by atomic mass is 9.90. The van der Waals surface area contributed by atoms with Crippen LogP contribution in [0.2, 0.25) is 0 Å². The van der Waals surface area contributed by atoms with Gasteiger partial charge in [0.2, 0.25) is 0 Å². The van der Waals surface area contributed by atoms with Gasteiger partial charge >= 0.3 is 11.3 Å². The quantitative estimate of drug-likeness (QED) is 0.299. The summed E-state index contributed by atoms with van der Waals surface area (Å²) in [5.74, 6) is 0. The van der Waals surface area contributed by atoms with Gasteiger partial charge in [0.25, 0.3) is 0 Å². The van der Waals surface area contributed by atoms with Crippen molar-refractivity contribution in [2.75, 3.05) is 0 Å². The summed E-state index contributed by atoms with van der Waals surface area (Å²) in [6.45, 7) is 15.8. The molecule has 0 atom stereocenters. The molecule has 0 aliphatic rings. The molecule has 4 heteroatoms. The van der Waals surface area contributed by atoms with Crippen molar-refractivity contribution in [2.45, 2.75) is 55.4 Å². The van der Waals surface area contributed by atoms with Crippen LogP contribution in [0.3, 0.4) is 0 Å². The molecule has 0 saturated heterocycles. The first-order valence-corrected chi connectivity index (χ1v) is 9.47. The molecule has 0 aliphatic carbocycles. The summed E-state index contributed by atoms with van der Waals surface area (Å²) in [6, 6.07) is 0. The van der Waals surface area contributed by atoms with Crippen molar-refractivity contribution in [3.05, 3.63) is 65.3 Å². The van der Waals surface area contributed by atoms with Gasteiger partial charge in [0.05, 0.1) is 10.8 Å². The lowest BCUT2D eigenvalue weighted by Gasteiger charge is -2.17. The number of aryl methyl sites for hydroxylation is 4. The third kappa shape index (κ3) is 2.12. The summed E-state index contributed by atoms with van der Waals surface area (Å²) in [7, 11) is 0. The zero-order chi connectivity index (χ0) is 20.7. The van der Waals surface area contributed by atoms with Crippen molar-refractivity contribution in [3.8, 4) is 0 Å². The van der Waals surface area contributed by atoms with Crippen LogP contribution in [0.15, 0.2) is 18.4 Å². The molecule has 0 aliphatic heterocycles. The molecular weight excluding hydrogens is 352 g/mol. The fourth-order valence-electron chi connectivity index (χ4n) is 4.36. The van der Waals surface area contributed by atoms with Gasteiger partial charge in [-0.1, -0.05) is 0 Å². The molecule has 2 heterocycles. The first kappa shape index (κ1) is 18.5. The van der Waals surface area contributed by atoms with Gasteiger partial charge in [-0.05, 0) is 99.9 Å². The number of benzene rings is 2. The monoisotopic (exact) mass is 376 g/mol. The van der Waals surface area contributed by atoms with Crippen LogP contribution >= 0.6 is 0 Å². The average molecular weight is 376 g/mol. The van der Waals surface area contributed by atoms with E-state index in [2.05, 4.69) is 0 Å². The topological polar surface area (TPSA) is 60.4 Å². The van der Waals surface area contributed by atoms with Gasteiger partial charge in [0.1, 0.15) is 11.2 Å². The van der Waals surface area contributed by atoms with Crippen LogP contribution in [0.25, 0.3) is 32.7 Å². The van der Waals surface area contributed by atoms with Crippen molar-refractivity contribution in [1.82, 2.24) is 0 Å². The van der Waals surface area contributed by atoms with Crippen LogP contribution in [0.4, 0.5) is 0 Å². The van der Waals surface area contributed by atoms with Crippen LogP contribution < -0.4 is 11.3 Å². The maximum absolute atomic E-state index is 13.1. The van der Waals surface area contributed by atoms with Crippen LogP contribution in [0.1, 0.15) is 44.5 Å². The zero-order valence-electron chi connectivity index (χ0n) is 17.6. The summed E-state index contributed by atoms with van der Waals surface area (Å²) < 4.78 is 11.6. The Morgan fingerprint density at radius 2 is 0.679 bits per heavy atom. The SMILES string of the molecule is Cc1c(C)c(C)c2c(oc(=O)c3c4c(C)c(C)c(C)c(C)c4oc(=O)c23)c1C. The fourth-order valence-corrected chi connectivity index (χ4v) is 4.36. The van der Waals surface area contributed by atoms with Crippen LogP contribution in [-0.4, -0.2) is 0 Å². The highest BCUT2D eigenvalue weighted by Crippen LogP contribution is 2.36. The van der Waals surface area contributed by atoms with E-state index in [0.717, 1.165) is 44.5 Å². The Morgan fingerprint density at radius 1 is 0.393 bits per heavy atom. The molecule has 0 saturated carbocycles. The van der Waals surface area contributed by atoms with Gasteiger partial charge in [-0.3, -0.25) is 0 Å². The Balaban J connectivity index is 2.50. The summed E-state index contributed by atoms with van der Waals surface area (Å²) in [5.41, 5.74) is 7.93. The first-order valence-electron chi connectivity index (χ1n) is 9.47. The lowest BCUT2D eigenvalue weighted by Crippen LogP contribution is -2.12. The van der Waals surface area contributed by atoms with E-state index in [1.54, 1.807) is 0 Å². The van der Waals surface area contributed by atoms with Gasteiger partial charge in [-0.25, -0.2) is 9.59 Å². The minimum atomic E-state index is -0.489. The molecule has 0 N–H and O–H groups in total. The van der Waals surface area contributed by atoms with E-state index in [4.69, 9.17) is 8.83 Å². The average Bonchev–Trinajstić information content (AvgIpc) is 2.67. The van der Waals surface area contributed by atoms with E-state index in [1.807, 2.05) is 55.4 Å². The van der Waals surface area contributed by atoms with Crippen LogP contribution in [0, 0.1) is 55.4 Å². The molecule has 2 aromatic heterocycles. The highest BCUT2D eigenvalue weighted by atomic mass is 16.4. The summed E-state index contributed by atoms with van der Waals surface area (Å²) in [5, 5.41) is 2.02. The van der Waals surface area contributed by atoms with E-state index in [-0.39, 0.29) is 0 Å². The number of hydrogen-bond acceptors (Lipinski definition) is 4. The van der Waals surface area contributed by atoms with Crippen molar-refractivity contribution < 1.29 is 8.83 Å². The Morgan fingerprint density at radius 3 is 1.00 bits per heavy atom. The molecule has 28 heavy (non-hydrogen) atoms. The van der Waals surface area contributed by atoms with Crippen molar-refractivity contribution >= 4 is 32.7 Å². The molecule has 0 spiro atoms. The van der Waals surface area contributed by atoms with Gasteiger partial charge in [0.15, 0.2) is 0 Å². The molecule has 0 radical (unpaired) electrons. The molecule has 0 unspecified atom stereocenters. The lowest BCUT2D eigenvalue weighted by molar-refractivity contribution is 0.554. The molecule has 0 fully saturated rings. The number of hydrogen-bond donors (Lipinski definition) is 0. The Labute approximate surface area is 162 Å². The molecule has 4 aromatic rings. The molecule has 0 amide bonds. The van der Waals surface area contributed by atoms with Crippen molar-refractivity contribution in [1.29, 1.82) is 0 Å². The highest BCUT2D eigenvalue weighted by Gasteiger charge is 2.23. The molecular formula is C24H24O4. The normalized spacial score (nSPS) is 11.9. The molecule has 144 valence electrons. The Hall–Kier alpha value is -2.88. The minimum absolute atomic E-state index is 0.327. The van der Waals surface area contributed by atoms with Gasteiger partial charge in [0, 0.05) is 10.8 Å². The van der Waals surface area contributed by atoms with Crippen molar-refractivity contribution in [3.63, 3.8) is 0 Å². The number of rotatable bonds is 0. The van der Waals surface area contributed by atoms with Gasteiger partial charge in [-0.15, -0.1) is 0 Å². The summed E-state index contributed by atoms with van der Waals surface area (Å²) >= 11 is 0. The summed E-state index contributed by atoms with van der Waals surface area (Å²) in [6.07, 6.45) is 0. The van der Waals surface area contributed by atoms with Crippen LogP contribution in [-0.2, 0) is 0 Å². The maximum atomic E-state index is 13.1. The van der Waals surface area contributed by atoms with Crippen molar-refractivity contribution in [2.24, 2.45) is 0 Å². The second-order valence-electron chi connectivity index (χ2n) is 7.94. The number of fused-ring (bicyclic) bond motifs is 5. The van der Waals surface area contributed by atoms with E-state index < -0.39 is 11.3 Å². The standard InChI is InChI=1S/C24H24O4/c1-9-11(3)15(7)21-17(13(9)5)19-20(24(26)27-21)18-14(6)10(2)12(4)16(8)22(18)28-23(19)25/h1-8H3. The maximum Gasteiger partial charge on any atom is 0.345 e. The largest absolute Gasteiger partial charge is 0.422 e. The van der Waals surface area contributed by atoms with E-state index in [1.165, 1.54) is 0 Å². The molecule has 4 rings (SSSR count). The molecule has 0 bridgehead atoms. The Bertz CT molecular complexity index is 1350. The minimum Gasteiger partial charge on any atom is -0.422 e. The smallest absolute Gasteiger partial charge is 0.345 e. The Kier molecular flexibility index (Phi) is 3.83. The van der Waals surface area contributed by atoms with E-state index in [0.29, 0.717) is 32.7 Å². The van der Waals surface area contributed by atoms with Gasteiger partial charge in [-0.2, -0.15) is 0 Å². The molecule has 4 nitrogen and oxygen atoms in total. The second-order valence-corrected chi connectivity index (χ2v) is 7.94. The predicted octanol–water partition coefficient (Wildman–Crippen LogP) is 5.52. The zero-order valence-corrected chi connectivity index (χ0v) is 17.6. The van der Waals surface area contributed by atoms with Gasteiger partial charge < -0.3 is 8.83 Å². The van der Waals surface area contributed by atoms with Crippen LogP contribution in [0.5, 0.6) is 0 Å². The van der Waals surface area contributed by atoms with E-state index >= 15 is 0 Å². The fraction of sp³-hybridized carbons (Fsp3) is 0.333. The molecule has 2 aromatic carbocycles.